The largest absolute Gasteiger partial charge is 0.382 e. The highest BCUT2D eigenvalue weighted by molar-refractivity contribution is 4.83. The minimum Gasteiger partial charge on any atom is -0.382 e. The molecular weight excluding hydrogens is 212 g/mol. The van der Waals surface area contributed by atoms with Crippen LogP contribution in [0.15, 0.2) is 0 Å². The Hall–Kier alpha value is -0.200. The minimum atomic E-state index is -0.232. The summed E-state index contributed by atoms with van der Waals surface area (Å²) in [6.45, 7) is 2.38. The van der Waals surface area contributed by atoms with Gasteiger partial charge in [0.05, 0.1) is 12.7 Å². The smallest absolute Gasteiger partial charge is 0.114 e. The summed E-state index contributed by atoms with van der Waals surface area (Å²) in [4.78, 5) is 0. The van der Waals surface area contributed by atoms with Gasteiger partial charge in [-0.25, -0.2) is 0 Å². The first kappa shape index (κ1) is 15.8. The Morgan fingerprint density at radius 3 is 1.62 bits per heavy atom. The molecule has 4 atom stereocenters. The van der Waals surface area contributed by atoms with Crippen LogP contribution >= 0.6 is 0 Å². The molecule has 98 valence electrons. The zero-order chi connectivity index (χ0) is 12.6. The molecule has 0 aliphatic rings. The molecule has 0 saturated heterocycles. The standard InChI is InChI=1S/C11H24O5/c1-8(13-3)10(15-5)11(16-6)9(14-4)7-12-2/h8-11H,7H2,1-6H3. The number of methoxy groups -OCH3 is 5. The second-order valence-electron chi connectivity index (χ2n) is 3.57. The van der Waals surface area contributed by atoms with Gasteiger partial charge in [-0.15, -0.1) is 0 Å². The zero-order valence-electron chi connectivity index (χ0n) is 11.1. The topological polar surface area (TPSA) is 46.2 Å². The fourth-order valence-corrected chi connectivity index (χ4v) is 1.69. The highest BCUT2D eigenvalue weighted by atomic mass is 16.6. The summed E-state index contributed by atoms with van der Waals surface area (Å²) in [6, 6.07) is 0. The van der Waals surface area contributed by atoms with Gasteiger partial charge in [0.15, 0.2) is 0 Å². The van der Waals surface area contributed by atoms with Crippen molar-refractivity contribution in [3.63, 3.8) is 0 Å². The third-order valence-electron chi connectivity index (χ3n) is 2.70. The summed E-state index contributed by atoms with van der Waals surface area (Å²) < 4.78 is 26.5. The lowest BCUT2D eigenvalue weighted by Crippen LogP contribution is -2.48. The Balaban J connectivity index is 4.62. The average molecular weight is 236 g/mol. The summed E-state index contributed by atoms with van der Waals surface area (Å²) in [6.07, 6.45) is -0.693. The van der Waals surface area contributed by atoms with E-state index in [2.05, 4.69) is 0 Å². The molecule has 0 rings (SSSR count). The van der Waals surface area contributed by atoms with Crippen molar-refractivity contribution in [1.29, 1.82) is 0 Å². The summed E-state index contributed by atoms with van der Waals surface area (Å²) in [7, 11) is 8.15. The lowest BCUT2D eigenvalue weighted by molar-refractivity contribution is -0.155. The molecule has 0 aromatic rings. The van der Waals surface area contributed by atoms with E-state index in [9.17, 15) is 0 Å². The van der Waals surface area contributed by atoms with Crippen LogP contribution in [-0.2, 0) is 23.7 Å². The molecule has 0 bridgehead atoms. The monoisotopic (exact) mass is 236 g/mol. The SMILES string of the molecule is COCC(OC)C(OC)C(OC)C(C)OC. The Kier molecular flexibility index (Phi) is 8.78. The van der Waals surface area contributed by atoms with Crippen LogP contribution in [0.4, 0.5) is 0 Å². The third-order valence-corrected chi connectivity index (χ3v) is 2.70. The maximum Gasteiger partial charge on any atom is 0.114 e. The molecule has 0 saturated carbocycles. The van der Waals surface area contributed by atoms with E-state index in [1.807, 2.05) is 6.92 Å². The maximum absolute atomic E-state index is 5.42. The minimum absolute atomic E-state index is 0.0792. The second-order valence-corrected chi connectivity index (χ2v) is 3.57. The van der Waals surface area contributed by atoms with Crippen molar-refractivity contribution in [3.8, 4) is 0 Å². The first-order valence-corrected chi connectivity index (χ1v) is 5.26. The number of hydrogen-bond donors (Lipinski definition) is 0. The molecule has 0 aliphatic heterocycles. The number of hydrogen-bond acceptors (Lipinski definition) is 5. The molecule has 16 heavy (non-hydrogen) atoms. The fraction of sp³-hybridized carbons (Fsp3) is 1.00. The van der Waals surface area contributed by atoms with Crippen molar-refractivity contribution in [2.45, 2.75) is 31.3 Å². The Morgan fingerprint density at radius 2 is 1.31 bits per heavy atom. The molecule has 0 aromatic heterocycles. The molecule has 0 N–H and O–H groups in total. The van der Waals surface area contributed by atoms with Gasteiger partial charge >= 0.3 is 0 Å². The number of ether oxygens (including phenoxy) is 5. The predicted octanol–water partition coefficient (Wildman–Crippen LogP) is 0.713. The van der Waals surface area contributed by atoms with Crippen molar-refractivity contribution in [1.82, 2.24) is 0 Å². The van der Waals surface area contributed by atoms with Crippen LogP contribution in [0.1, 0.15) is 6.92 Å². The van der Waals surface area contributed by atoms with E-state index in [0.717, 1.165) is 0 Å². The van der Waals surface area contributed by atoms with Gasteiger partial charge in [-0.1, -0.05) is 0 Å². The molecule has 0 spiro atoms. The first-order chi connectivity index (χ1) is 7.65. The second kappa shape index (κ2) is 8.90. The Labute approximate surface area is 98.0 Å². The summed E-state index contributed by atoms with van der Waals surface area (Å²) in [5, 5.41) is 0. The molecule has 5 heteroatoms. The normalized spacial score (nSPS) is 19.1. The van der Waals surface area contributed by atoms with Crippen LogP contribution in [0.2, 0.25) is 0 Å². The van der Waals surface area contributed by atoms with Gasteiger partial charge in [0.1, 0.15) is 18.3 Å². The lowest BCUT2D eigenvalue weighted by Gasteiger charge is -2.33. The van der Waals surface area contributed by atoms with Crippen LogP contribution in [0.25, 0.3) is 0 Å². The van der Waals surface area contributed by atoms with Gasteiger partial charge in [0.25, 0.3) is 0 Å². The maximum atomic E-state index is 5.42. The highest BCUT2D eigenvalue weighted by Gasteiger charge is 2.33. The molecule has 4 unspecified atom stereocenters. The molecule has 0 heterocycles. The van der Waals surface area contributed by atoms with E-state index >= 15 is 0 Å². The van der Waals surface area contributed by atoms with Crippen molar-refractivity contribution in [3.05, 3.63) is 0 Å². The van der Waals surface area contributed by atoms with Gasteiger partial charge in [0.2, 0.25) is 0 Å². The van der Waals surface area contributed by atoms with Gasteiger partial charge < -0.3 is 23.7 Å². The fourth-order valence-electron chi connectivity index (χ4n) is 1.69. The van der Waals surface area contributed by atoms with Crippen molar-refractivity contribution in [2.75, 3.05) is 42.2 Å². The van der Waals surface area contributed by atoms with E-state index in [4.69, 9.17) is 23.7 Å². The Bertz CT molecular complexity index is 164. The molecule has 0 amide bonds. The van der Waals surface area contributed by atoms with Crippen molar-refractivity contribution < 1.29 is 23.7 Å². The molecule has 0 radical (unpaired) electrons. The average Bonchev–Trinajstić information content (AvgIpc) is 2.32. The van der Waals surface area contributed by atoms with E-state index < -0.39 is 0 Å². The van der Waals surface area contributed by atoms with E-state index in [0.29, 0.717) is 6.61 Å². The summed E-state index contributed by atoms with van der Waals surface area (Å²) >= 11 is 0. The van der Waals surface area contributed by atoms with Crippen LogP contribution in [0.5, 0.6) is 0 Å². The van der Waals surface area contributed by atoms with E-state index in [1.54, 1.807) is 35.5 Å². The van der Waals surface area contributed by atoms with Crippen molar-refractivity contribution in [2.24, 2.45) is 0 Å². The third kappa shape index (κ3) is 4.35. The van der Waals surface area contributed by atoms with Crippen LogP contribution in [0, 0.1) is 0 Å². The van der Waals surface area contributed by atoms with Crippen LogP contribution in [0.3, 0.4) is 0 Å². The summed E-state index contributed by atoms with van der Waals surface area (Å²) in [5.41, 5.74) is 0. The van der Waals surface area contributed by atoms with E-state index in [1.165, 1.54) is 0 Å². The highest BCUT2D eigenvalue weighted by Crippen LogP contribution is 2.15. The van der Waals surface area contributed by atoms with Gasteiger partial charge in [-0.2, -0.15) is 0 Å². The first-order valence-electron chi connectivity index (χ1n) is 5.26. The quantitative estimate of drug-likeness (QED) is 0.590. The van der Waals surface area contributed by atoms with Crippen LogP contribution < -0.4 is 0 Å². The number of rotatable bonds is 9. The molecule has 5 nitrogen and oxygen atoms in total. The van der Waals surface area contributed by atoms with Crippen molar-refractivity contribution >= 4 is 0 Å². The molecule has 0 aromatic carbocycles. The Morgan fingerprint density at radius 1 is 0.750 bits per heavy atom. The predicted molar refractivity (Wildman–Crippen MR) is 60.7 cm³/mol. The van der Waals surface area contributed by atoms with E-state index in [-0.39, 0.29) is 24.4 Å². The van der Waals surface area contributed by atoms with Gasteiger partial charge in [-0.3, -0.25) is 0 Å². The van der Waals surface area contributed by atoms with Crippen LogP contribution in [-0.4, -0.2) is 66.6 Å². The van der Waals surface area contributed by atoms with Gasteiger partial charge in [-0.05, 0) is 6.92 Å². The molecule has 0 aliphatic carbocycles. The zero-order valence-corrected chi connectivity index (χ0v) is 11.1. The summed E-state index contributed by atoms with van der Waals surface area (Å²) in [5.74, 6) is 0. The molecule has 0 fully saturated rings. The lowest BCUT2D eigenvalue weighted by atomic mass is 10.0. The van der Waals surface area contributed by atoms with Gasteiger partial charge in [0, 0.05) is 35.5 Å². The molecular formula is C11H24O5.